The minimum Gasteiger partial charge on any atom is -0.462 e. The fourth-order valence-corrected chi connectivity index (χ4v) is 7.50. The van der Waals surface area contributed by atoms with Crippen molar-refractivity contribution in [3.8, 4) is 0 Å². The number of unbranched alkanes of at least 4 members (excludes halogenated alkanes) is 12. The van der Waals surface area contributed by atoms with Gasteiger partial charge in [0.25, 0.3) is 0 Å². The van der Waals surface area contributed by atoms with Crippen molar-refractivity contribution >= 4 is 19.8 Å². The van der Waals surface area contributed by atoms with Crippen LogP contribution in [0, 0.1) is 0 Å². The van der Waals surface area contributed by atoms with Crippen LogP contribution in [0.4, 0.5) is 0 Å². The van der Waals surface area contributed by atoms with Crippen molar-refractivity contribution < 1.29 is 37.6 Å². The number of esters is 2. The molecule has 0 aromatic carbocycles. The van der Waals surface area contributed by atoms with Crippen LogP contribution in [0.15, 0.2) is 146 Å². The highest BCUT2D eigenvalue weighted by Crippen LogP contribution is 2.43. The average Bonchev–Trinajstić information content (AvgIpc) is 3.36. The fourth-order valence-electron chi connectivity index (χ4n) is 6.73. The maximum absolute atomic E-state index is 12.6. The number of rotatable bonds is 49. The SMILES string of the molecule is CC/C=C\C/C=C\C/C=C\C/C=C\C/C=C\C/C=C\C/C=C\C/C=C\C/C=C\C/C=C\C/C=C\C/C=C\CCCCCCC(=O)OC(COC(=O)CCCCCCCCCCC)COP(=O)(O)OCCN. The lowest BCUT2D eigenvalue weighted by Gasteiger charge is -2.19. The van der Waals surface area contributed by atoms with Crippen LogP contribution < -0.4 is 5.73 Å². The summed E-state index contributed by atoms with van der Waals surface area (Å²) < 4.78 is 32.8. The first-order valence-corrected chi connectivity index (χ1v) is 28.8. The van der Waals surface area contributed by atoms with Crippen LogP contribution >= 0.6 is 7.82 Å². The summed E-state index contributed by atoms with van der Waals surface area (Å²) in [4.78, 5) is 34.9. The molecule has 0 aromatic heterocycles. The highest BCUT2D eigenvalue weighted by atomic mass is 31.2. The summed E-state index contributed by atoms with van der Waals surface area (Å²) in [6, 6.07) is 0. The van der Waals surface area contributed by atoms with Gasteiger partial charge in [0, 0.05) is 19.4 Å². The Balaban J connectivity index is 4.02. The summed E-state index contributed by atoms with van der Waals surface area (Å²) in [5.74, 6) is -0.871. The van der Waals surface area contributed by atoms with E-state index in [4.69, 9.17) is 24.3 Å². The van der Waals surface area contributed by atoms with Crippen molar-refractivity contribution in [1.82, 2.24) is 0 Å². The number of phosphoric acid groups is 1. The van der Waals surface area contributed by atoms with Crippen LogP contribution in [0.25, 0.3) is 0 Å². The molecule has 0 aliphatic heterocycles. The highest BCUT2D eigenvalue weighted by molar-refractivity contribution is 7.47. The van der Waals surface area contributed by atoms with Gasteiger partial charge in [0.15, 0.2) is 6.10 Å². The molecule has 0 aromatic rings. The van der Waals surface area contributed by atoms with E-state index in [-0.39, 0.29) is 32.6 Å². The molecule has 3 N–H and O–H groups in total. The molecule has 10 heteroatoms. The molecule has 0 heterocycles. The number of allylic oxidation sites excluding steroid dienone is 24. The first kappa shape index (κ1) is 66.9. The second kappa shape index (κ2) is 55.2. The van der Waals surface area contributed by atoms with Crippen molar-refractivity contribution in [2.45, 2.75) is 200 Å². The molecule has 0 aliphatic carbocycles. The van der Waals surface area contributed by atoms with Gasteiger partial charge in [-0.2, -0.15) is 0 Å². The molecule has 2 unspecified atom stereocenters. The lowest BCUT2D eigenvalue weighted by molar-refractivity contribution is -0.161. The average molecular weight is 1000 g/mol. The molecule has 2 atom stereocenters. The standard InChI is InChI=1S/C61H98NO8P/c1-3-5-7-9-11-13-14-15-16-17-18-19-20-21-22-23-24-25-26-27-28-29-30-31-32-33-34-35-36-37-38-39-40-41-42-43-44-46-48-50-52-54-61(64)70-59(58-69-71(65,66)68-56-55-62)57-67-60(63)53-51-49-47-45-12-10-8-6-4-2/h5,7,11,13,15-16,18-19,21-22,24-25,27-28,30-31,33-34,36-37,39-40,42-43,59H,3-4,6,8-10,12,14,17,20,23,26,29,32,35,38,41,44-58,62H2,1-2H3,(H,65,66)/b7-5-,13-11-,16-15-,19-18-,22-21-,25-24-,28-27-,31-30-,34-33-,37-36-,40-39-,43-42-. The highest BCUT2D eigenvalue weighted by Gasteiger charge is 2.26. The molecule has 0 saturated carbocycles. The third-order valence-electron chi connectivity index (χ3n) is 10.7. The van der Waals surface area contributed by atoms with E-state index in [1.165, 1.54) is 38.5 Å². The molecule has 0 rings (SSSR count). The number of nitrogens with two attached hydrogens (primary N) is 1. The number of carbonyl (C=O) groups excluding carboxylic acids is 2. The van der Waals surface area contributed by atoms with Crippen LogP contribution in [0.1, 0.15) is 194 Å². The normalized spacial score (nSPS) is 14.3. The lowest BCUT2D eigenvalue weighted by atomic mass is 10.1. The van der Waals surface area contributed by atoms with Crippen LogP contribution in [0.2, 0.25) is 0 Å². The maximum atomic E-state index is 12.6. The topological polar surface area (TPSA) is 134 Å². The van der Waals surface area contributed by atoms with E-state index in [1.807, 2.05) is 0 Å². The summed E-state index contributed by atoms with van der Waals surface area (Å²) in [6.45, 7) is 3.54. The minimum atomic E-state index is -4.39. The van der Waals surface area contributed by atoms with Crippen LogP contribution in [-0.2, 0) is 32.7 Å². The fraction of sp³-hybridized carbons (Fsp3) is 0.574. The first-order valence-electron chi connectivity index (χ1n) is 27.3. The Bertz CT molecular complexity index is 1660. The molecule has 9 nitrogen and oxygen atoms in total. The Morgan fingerprint density at radius 2 is 0.775 bits per heavy atom. The van der Waals surface area contributed by atoms with E-state index in [1.54, 1.807) is 0 Å². The van der Waals surface area contributed by atoms with E-state index >= 15 is 0 Å². The molecule has 0 aliphatic rings. The van der Waals surface area contributed by atoms with E-state index in [0.29, 0.717) is 6.42 Å². The van der Waals surface area contributed by atoms with Gasteiger partial charge in [-0.3, -0.25) is 18.6 Å². The summed E-state index contributed by atoms with van der Waals surface area (Å²) in [5.41, 5.74) is 5.35. The lowest BCUT2D eigenvalue weighted by Crippen LogP contribution is -2.29. The molecular formula is C61H98NO8P. The zero-order chi connectivity index (χ0) is 51.7. The van der Waals surface area contributed by atoms with Crippen LogP contribution in [-0.4, -0.2) is 49.3 Å². The van der Waals surface area contributed by atoms with Gasteiger partial charge in [-0.25, -0.2) is 4.57 Å². The van der Waals surface area contributed by atoms with E-state index in [0.717, 1.165) is 122 Å². The molecule has 0 spiro atoms. The Labute approximate surface area is 433 Å². The predicted octanol–water partition coefficient (Wildman–Crippen LogP) is 17.2. The van der Waals surface area contributed by atoms with E-state index < -0.39 is 32.5 Å². The van der Waals surface area contributed by atoms with Gasteiger partial charge in [-0.05, 0) is 103 Å². The summed E-state index contributed by atoms with van der Waals surface area (Å²) in [5, 5.41) is 0. The van der Waals surface area contributed by atoms with Gasteiger partial charge in [0.2, 0.25) is 0 Å². The van der Waals surface area contributed by atoms with E-state index in [9.17, 15) is 19.0 Å². The van der Waals surface area contributed by atoms with Crippen LogP contribution in [0.5, 0.6) is 0 Å². The maximum Gasteiger partial charge on any atom is 0.472 e. The van der Waals surface area contributed by atoms with Crippen LogP contribution in [0.3, 0.4) is 0 Å². The van der Waals surface area contributed by atoms with Gasteiger partial charge in [-0.15, -0.1) is 0 Å². The smallest absolute Gasteiger partial charge is 0.462 e. The summed E-state index contributed by atoms with van der Waals surface area (Å²) in [7, 11) is -4.39. The molecule has 0 saturated heterocycles. The number of hydrogen-bond acceptors (Lipinski definition) is 8. The predicted molar refractivity (Wildman–Crippen MR) is 302 cm³/mol. The second-order valence-corrected chi connectivity index (χ2v) is 18.8. The van der Waals surface area contributed by atoms with E-state index in [2.05, 4.69) is 160 Å². The molecular weight excluding hydrogens is 906 g/mol. The van der Waals surface area contributed by atoms with Gasteiger partial charge in [0.05, 0.1) is 13.2 Å². The monoisotopic (exact) mass is 1000 g/mol. The summed E-state index contributed by atoms with van der Waals surface area (Å²) in [6.07, 6.45) is 79.2. The second-order valence-electron chi connectivity index (χ2n) is 17.4. The van der Waals surface area contributed by atoms with Crippen molar-refractivity contribution in [2.24, 2.45) is 5.73 Å². The number of phosphoric ester groups is 1. The molecule has 400 valence electrons. The molecule has 0 bridgehead atoms. The third kappa shape index (κ3) is 55.1. The molecule has 0 fully saturated rings. The molecule has 0 amide bonds. The van der Waals surface area contributed by atoms with Crippen molar-refractivity contribution in [3.05, 3.63) is 146 Å². The quantitative estimate of drug-likeness (QED) is 0.0264. The summed E-state index contributed by atoms with van der Waals surface area (Å²) >= 11 is 0. The molecule has 71 heavy (non-hydrogen) atoms. The first-order chi connectivity index (χ1) is 34.8. The minimum absolute atomic E-state index is 0.0425. The Kier molecular flexibility index (Phi) is 52.0. The molecule has 0 radical (unpaired) electrons. The van der Waals surface area contributed by atoms with Crippen molar-refractivity contribution in [1.29, 1.82) is 0 Å². The van der Waals surface area contributed by atoms with Gasteiger partial charge < -0.3 is 20.1 Å². The Morgan fingerprint density at radius 3 is 1.15 bits per heavy atom. The van der Waals surface area contributed by atoms with Gasteiger partial charge >= 0.3 is 19.8 Å². The van der Waals surface area contributed by atoms with Crippen molar-refractivity contribution in [2.75, 3.05) is 26.4 Å². The zero-order valence-corrected chi connectivity index (χ0v) is 45.3. The third-order valence-corrected chi connectivity index (χ3v) is 11.7. The van der Waals surface area contributed by atoms with Gasteiger partial charge in [0.1, 0.15) is 6.61 Å². The number of carbonyl (C=O) groups is 2. The number of ether oxygens (including phenoxy) is 2. The zero-order valence-electron chi connectivity index (χ0n) is 44.4. The number of hydrogen-bond donors (Lipinski definition) is 2. The van der Waals surface area contributed by atoms with Crippen molar-refractivity contribution in [3.63, 3.8) is 0 Å². The Morgan fingerprint density at radius 1 is 0.437 bits per heavy atom. The van der Waals surface area contributed by atoms with Gasteiger partial charge in [-0.1, -0.05) is 224 Å². The Hall–Kier alpha value is -4.11. The largest absolute Gasteiger partial charge is 0.472 e.